The first-order valence-corrected chi connectivity index (χ1v) is 7.81. The van der Waals surface area contributed by atoms with Crippen molar-refractivity contribution in [2.24, 2.45) is 5.92 Å². The molecule has 0 aromatic heterocycles. The van der Waals surface area contributed by atoms with Crippen LogP contribution < -0.4 is 5.32 Å². The molecule has 1 saturated heterocycles. The molecule has 1 heterocycles. The van der Waals surface area contributed by atoms with Crippen LogP contribution in [0.5, 0.6) is 0 Å². The van der Waals surface area contributed by atoms with Gasteiger partial charge in [-0.1, -0.05) is 24.3 Å². The van der Waals surface area contributed by atoms with Gasteiger partial charge in [0.1, 0.15) is 0 Å². The predicted octanol–water partition coefficient (Wildman–Crippen LogP) is 2.04. The average Bonchev–Trinajstić information content (AvgIpc) is 2.54. The molecule has 2 rings (SSSR count). The van der Waals surface area contributed by atoms with Gasteiger partial charge in [-0.2, -0.15) is 0 Å². The van der Waals surface area contributed by atoms with E-state index >= 15 is 0 Å². The molecule has 116 valence electrons. The summed E-state index contributed by atoms with van der Waals surface area (Å²) in [5, 5.41) is 11.9. The van der Waals surface area contributed by atoms with Crippen LogP contribution in [0.2, 0.25) is 0 Å². The lowest BCUT2D eigenvalue weighted by molar-refractivity contribution is -0.121. The molecule has 2 N–H and O–H groups in total. The molecule has 1 fully saturated rings. The molecule has 1 atom stereocenters. The first-order chi connectivity index (χ1) is 10.3. The highest BCUT2D eigenvalue weighted by atomic mass is 16.5. The van der Waals surface area contributed by atoms with Gasteiger partial charge >= 0.3 is 0 Å². The van der Waals surface area contributed by atoms with Crippen molar-refractivity contribution >= 4 is 5.91 Å². The quantitative estimate of drug-likeness (QED) is 0.808. The van der Waals surface area contributed by atoms with E-state index in [-0.39, 0.29) is 12.5 Å². The third-order valence-corrected chi connectivity index (χ3v) is 3.98. The number of aliphatic hydroxyl groups excluding tert-OH is 1. The smallest absolute Gasteiger partial charge is 0.220 e. The topological polar surface area (TPSA) is 58.6 Å². The molecule has 1 amide bonds. The predicted molar refractivity (Wildman–Crippen MR) is 81.9 cm³/mol. The van der Waals surface area contributed by atoms with Crippen LogP contribution in [0.1, 0.15) is 36.8 Å². The minimum absolute atomic E-state index is 0.0713. The highest BCUT2D eigenvalue weighted by Crippen LogP contribution is 2.18. The van der Waals surface area contributed by atoms with E-state index in [1.807, 2.05) is 24.3 Å². The number of benzene rings is 1. The Labute approximate surface area is 126 Å². The Hall–Kier alpha value is -1.39. The number of hydrogen-bond donors (Lipinski definition) is 2. The van der Waals surface area contributed by atoms with Crippen LogP contribution in [0, 0.1) is 5.92 Å². The van der Waals surface area contributed by atoms with E-state index in [1.165, 1.54) is 12.0 Å². The summed E-state index contributed by atoms with van der Waals surface area (Å²) in [6.07, 6.45) is 4.65. The number of rotatable bonds is 7. The summed E-state index contributed by atoms with van der Waals surface area (Å²) < 4.78 is 5.42. The standard InChI is InChI=1S/C17H25NO3/c19-12-15-5-3-14(4-6-15)9-10-18-17(20)8-7-16-2-1-11-21-13-16/h3-6,16,19H,1-2,7-13H2,(H,18,20). The number of nitrogens with one attached hydrogen (secondary N) is 1. The van der Waals surface area contributed by atoms with Crippen LogP contribution in [-0.4, -0.2) is 30.8 Å². The van der Waals surface area contributed by atoms with E-state index in [9.17, 15) is 4.79 Å². The molecule has 0 radical (unpaired) electrons. The lowest BCUT2D eigenvalue weighted by Gasteiger charge is -2.21. The largest absolute Gasteiger partial charge is 0.392 e. The Morgan fingerprint density at radius 2 is 2.05 bits per heavy atom. The summed E-state index contributed by atoms with van der Waals surface area (Å²) in [6.45, 7) is 2.42. The first kappa shape index (κ1) is 16.0. The van der Waals surface area contributed by atoms with E-state index in [0.29, 0.717) is 18.9 Å². The molecule has 1 aliphatic heterocycles. The molecule has 0 aliphatic carbocycles. The molecule has 21 heavy (non-hydrogen) atoms. The second-order valence-corrected chi connectivity index (χ2v) is 5.70. The van der Waals surface area contributed by atoms with Gasteiger partial charge in [-0.05, 0) is 42.7 Å². The minimum Gasteiger partial charge on any atom is -0.392 e. The normalized spacial score (nSPS) is 18.4. The number of hydrogen-bond acceptors (Lipinski definition) is 3. The average molecular weight is 291 g/mol. The van der Waals surface area contributed by atoms with Crippen LogP contribution in [0.3, 0.4) is 0 Å². The molecule has 0 saturated carbocycles. The second kappa shape index (κ2) is 8.80. The number of aliphatic hydroxyl groups is 1. The van der Waals surface area contributed by atoms with Gasteiger partial charge in [-0.25, -0.2) is 0 Å². The van der Waals surface area contributed by atoms with Gasteiger partial charge in [0.15, 0.2) is 0 Å². The maximum Gasteiger partial charge on any atom is 0.220 e. The fourth-order valence-corrected chi connectivity index (χ4v) is 2.62. The Kier molecular flexibility index (Phi) is 6.70. The molecule has 1 unspecified atom stereocenters. The van der Waals surface area contributed by atoms with Crippen molar-refractivity contribution in [3.05, 3.63) is 35.4 Å². The highest BCUT2D eigenvalue weighted by molar-refractivity contribution is 5.75. The number of carbonyl (C=O) groups excluding carboxylic acids is 1. The van der Waals surface area contributed by atoms with Crippen molar-refractivity contribution in [3.63, 3.8) is 0 Å². The van der Waals surface area contributed by atoms with Gasteiger partial charge in [0, 0.05) is 26.2 Å². The molecule has 0 spiro atoms. The summed E-state index contributed by atoms with van der Waals surface area (Å²) in [6, 6.07) is 7.83. The molecule has 1 aliphatic rings. The van der Waals surface area contributed by atoms with Gasteiger partial charge in [0.2, 0.25) is 5.91 Å². The van der Waals surface area contributed by atoms with Gasteiger partial charge < -0.3 is 15.2 Å². The summed E-state index contributed by atoms with van der Waals surface area (Å²) in [4.78, 5) is 11.8. The number of ether oxygens (including phenoxy) is 1. The van der Waals surface area contributed by atoms with Crippen molar-refractivity contribution < 1.29 is 14.6 Å². The second-order valence-electron chi connectivity index (χ2n) is 5.70. The van der Waals surface area contributed by atoms with Crippen molar-refractivity contribution in [2.75, 3.05) is 19.8 Å². The minimum atomic E-state index is 0.0713. The van der Waals surface area contributed by atoms with Crippen molar-refractivity contribution in [1.29, 1.82) is 0 Å². The van der Waals surface area contributed by atoms with Crippen LogP contribution in [-0.2, 0) is 22.6 Å². The zero-order valence-corrected chi connectivity index (χ0v) is 12.5. The summed E-state index contributed by atoms with van der Waals surface area (Å²) >= 11 is 0. The summed E-state index contributed by atoms with van der Waals surface area (Å²) in [5.41, 5.74) is 2.09. The Balaban J connectivity index is 1.59. The van der Waals surface area contributed by atoms with Gasteiger partial charge in [-0.3, -0.25) is 4.79 Å². The van der Waals surface area contributed by atoms with Crippen molar-refractivity contribution in [3.8, 4) is 0 Å². The number of amides is 1. The molecular formula is C17H25NO3. The first-order valence-electron chi connectivity index (χ1n) is 7.81. The molecule has 1 aromatic carbocycles. The van der Waals surface area contributed by atoms with Crippen LogP contribution in [0.15, 0.2) is 24.3 Å². The molecule has 1 aromatic rings. The third-order valence-electron chi connectivity index (χ3n) is 3.98. The number of carbonyl (C=O) groups is 1. The van der Waals surface area contributed by atoms with E-state index in [2.05, 4.69) is 5.32 Å². The van der Waals surface area contributed by atoms with Crippen LogP contribution in [0.25, 0.3) is 0 Å². The fourth-order valence-electron chi connectivity index (χ4n) is 2.62. The van der Waals surface area contributed by atoms with Gasteiger partial charge in [0.25, 0.3) is 0 Å². The Bertz CT molecular complexity index is 424. The summed E-state index contributed by atoms with van der Waals surface area (Å²) in [7, 11) is 0. The molecule has 4 heteroatoms. The zero-order valence-electron chi connectivity index (χ0n) is 12.5. The van der Waals surface area contributed by atoms with E-state index in [4.69, 9.17) is 9.84 Å². The maximum atomic E-state index is 11.8. The molecular weight excluding hydrogens is 266 g/mol. The zero-order chi connectivity index (χ0) is 14.9. The third kappa shape index (κ3) is 5.86. The highest BCUT2D eigenvalue weighted by Gasteiger charge is 2.15. The van der Waals surface area contributed by atoms with Gasteiger partial charge in [0.05, 0.1) is 6.61 Å². The SMILES string of the molecule is O=C(CCC1CCCOC1)NCCc1ccc(CO)cc1. The molecule has 4 nitrogen and oxygen atoms in total. The van der Waals surface area contributed by atoms with E-state index in [1.54, 1.807) is 0 Å². The fraction of sp³-hybridized carbons (Fsp3) is 0.588. The molecule has 0 bridgehead atoms. The van der Waals surface area contributed by atoms with E-state index in [0.717, 1.165) is 38.0 Å². The van der Waals surface area contributed by atoms with Crippen molar-refractivity contribution in [2.45, 2.75) is 38.7 Å². The monoisotopic (exact) mass is 291 g/mol. The summed E-state index contributed by atoms with van der Waals surface area (Å²) in [5.74, 6) is 0.683. The maximum absolute atomic E-state index is 11.8. The van der Waals surface area contributed by atoms with Crippen LogP contribution >= 0.6 is 0 Å². The lowest BCUT2D eigenvalue weighted by atomic mass is 9.97. The van der Waals surface area contributed by atoms with Gasteiger partial charge in [-0.15, -0.1) is 0 Å². The Morgan fingerprint density at radius 3 is 2.71 bits per heavy atom. The lowest BCUT2D eigenvalue weighted by Crippen LogP contribution is -2.27. The Morgan fingerprint density at radius 1 is 1.29 bits per heavy atom. The van der Waals surface area contributed by atoms with Crippen LogP contribution in [0.4, 0.5) is 0 Å². The van der Waals surface area contributed by atoms with Crippen molar-refractivity contribution in [1.82, 2.24) is 5.32 Å². The van der Waals surface area contributed by atoms with E-state index < -0.39 is 0 Å².